The molecule has 2 rings (SSSR count). The van der Waals surface area contributed by atoms with Gasteiger partial charge in [0.2, 0.25) is 0 Å². The maximum absolute atomic E-state index is 11.3. The summed E-state index contributed by atoms with van der Waals surface area (Å²) in [7, 11) is -2.68. The lowest BCUT2D eigenvalue weighted by atomic mass is 10.0. The Morgan fingerprint density at radius 2 is 1.71 bits per heavy atom. The van der Waals surface area contributed by atoms with Crippen molar-refractivity contribution < 1.29 is 8.42 Å². The van der Waals surface area contributed by atoms with E-state index in [1.807, 2.05) is 0 Å². The van der Waals surface area contributed by atoms with Crippen LogP contribution in [0.4, 0.5) is 0 Å². The van der Waals surface area contributed by atoms with Gasteiger partial charge in [0.1, 0.15) is 0 Å². The second kappa shape index (κ2) is 6.19. The SMILES string of the molecule is O=S1(=O)CCC(CCNC2CCCCCC2)C1. The highest BCUT2D eigenvalue weighted by Gasteiger charge is 2.27. The normalized spacial score (nSPS) is 30.2. The summed E-state index contributed by atoms with van der Waals surface area (Å²) < 4.78 is 22.7. The summed E-state index contributed by atoms with van der Waals surface area (Å²) >= 11 is 0. The standard InChI is InChI=1S/C13H25NO2S/c15-17(16)10-8-12(11-17)7-9-14-13-5-3-1-2-4-6-13/h12-14H,1-11H2. The van der Waals surface area contributed by atoms with Crippen LogP contribution >= 0.6 is 0 Å². The van der Waals surface area contributed by atoms with Crippen LogP contribution in [0.5, 0.6) is 0 Å². The Morgan fingerprint density at radius 3 is 2.29 bits per heavy atom. The Kier molecular flexibility index (Phi) is 4.86. The van der Waals surface area contributed by atoms with Crippen LogP contribution < -0.4 is 5.32 Å². The van der Waals surface area contributed by atoms with E-state index in [0.29, 0.717) is 23.5 Å². The number of sulfone groups is 1. The van der Waals surface area contributed by atoms with Crippen LogP contribution in [0.1, 0.15) is 51.4 Å². The van der Waals surface area contributed by atoms with Gasteiger partial charge in [-0.1, -0.05) is 25.7 Å². The molecule has 0 spiro atoms. The fraction of sp³-hybridized carbons (Fsp3) is 1.00. The highest BCUT2D eigenvalue weighted by molar-refractivity contribution is 7.91. The molecule has 100 valence electrons. The average Bonchev–Trinajstić information content (AvgIpc) is 2.52. The topological polar surface area (TPSA) is 46.2 Å². The molecule has 1 aliphatic heterocycles. The van der Waals surface area contributed by atoms with Crippen LogP contribution in [0.25, 0.3) is 0 Å². The van der Waals surface area contributed by atoms with E-state index in [1.54, 1.807) is 0 Å². The smallest absolute Gasteiger partial charge is 0.150 e. The molecule has 3 nitrogen and oxygen atoms in total. The first kappa shape index (κ1) is 13.3. The zero-order chi connectivity index (χ0) is 12.1. The first-order valence-electron chi connectivity index (χ1n) is 7.09. The minimum atomic E-state index is -2.68. The van der Waals surface area contributed by atoms with Crippen LogP contribution in [0, 0.1) is 5.92 Å². The molecule has 2 aliphatic rings. The van der Waals surface area contributed by atoms with Gasteiger partial charge in [0.25, 0.3) is 0 Å². The van der Waals surface area contributed by atoms with Crippen LogP contribution in [0.3, 0.4) is 0 Å². The zero-order valence-electron chi connectivity index (χ0n) is 10.7. The highest BCUT2D eigenvalue weighted by Crippen LogP contribution is 2.22. The molecule has 17 heavy (non-hydrogen) atoms. The molecule has 0 amide bonds. The molecule has 1 unspecified atom stereocenters. The first-order valence-corrected chi connectivity index (χ1v) is 8.92. The molecule has 1 saturated heterocycles. The van der Waals surface area contributed by atoms with E-state index in [2.05, 4.69) is 5.32 Å². The van der Waals surface area contributed by atoms with Gasteiger partial charge < -0.3 is 5.32 Å². The Labute approximate surface area is 105 Å². The highest BCUT2D eigenvalue weighted by atomic mass is 32.2. The summed E-state index contributed by atoms with van der Waals surface area (Å²) in [6.45, 7) is 1.00. The summed E-state index contributed by atoms with van der Waals surface area (Å²) in [6, 6.07) is 0.690. The predicted octanol–water partition coefficient (Wildman–Crippen LogP) is 2.12. The van der Waals surface area contributed by atoms with Crippen molar-refractivity contribution in [2.45, 2.75) is 57.4 Å². The quantitative estimate of drug-likeness (QED) is 0.787. The van der Waals surface area contributed by atoms with Crippen molar-refractivity contribution in [3.05, 3.63) is 0 Å². The predicted molar refractivity (Wildman–Crippen MR) is 70.9 cm³/mol. The molecule has 4 heteroatoms. The summed E-state index contributed by atoms with van der Waals surface area (Å²) in [5.41, 5.74) is 0. The van der Waals surface area contributed by atoms with Gasteiger partial charge in [-0.05, 0) is 38.1 Å². The lowest BCUT2D eigenvalue weighted by Crippen LogP contribution is -2.30. The minimum absolute atomic E-state index is 0.415. The molecule has 1 saturated carbocycles. The van der Waals surface area contributed by atoms with E-state index in [0.717, 1.165) is 19.4 Å². The van der Waals surface area contributed by atoms with Crippen LogP contribution in [-0.2, 0) is 9.84 Å². The monoisotopic (exact) mass is 259 g/mol. The molecule has 0 bridgehead atoms. The van der Waals surface area contributed by atoms with E-state index in [1.165, 1.54) is 38.5 Å². The van der Waals surface area contributed by atoms with Gasteiger partial charge in [-0.3, -0.25) is 0 Å². The van der Waals surface area contributed by atoms with Gasteiger partial charge in [-0.25, -0.2) is 8.42 Å². The molecule has 1 atom stereocenters. The lowest BCUT2D eigenvalue weighted by molar-refractivity contribution is 0.425. The molecule has 1 N–H and O–H groups in total. The Hall–Kier alpha value is -0.0900. The van der Waals surface area contributed by atoms with Crippen molar-refractivity contribution in [2.24, 2.45) is 5.92 Å². The average molecular weight is 259 g/mol. The van der Waals surface area contributed by atoms with Crippen molar-refractivity contribution in [3.63, 3.8) is 0 Å². The molecule has 0 aromatic heterocycles. The summed E-state index contributed by atoms with van der Waals surface area (Å²) in [5.74, 6) is 1.26. The maximum Gasteiger partial charge on any atom is 0.150 e. The van der Waals surface area contributed by atoms with Crippen LogP contribution in [-0.4, -0.2) is 32.5 Å². The maximum atomic E-state index is 11.3. The van der Waals surface area contributed by atoms with E-state index in [-0.39, 0.29) is 0 Å². The van der Waals surface area contributed by atoms with Gasteiger partial charge in [0, 0.05) is 6.04 Å². The first-order chi connectivity index (χ1) is 8.16. The molecule has 1 heterocycles. The molecular formula is C13H25NO2S. The third-order valence-electron chi connectivity index (χ3n) is 4.17. The third-order valence-corrected chi connectivity index (χ3v) is 6.00. The summed E-state index contributed by atoms with van der Waals surface area (Å²) in [5, 5.41) is 3.62. The van der Waals surface area contributed by atoms with Gasteiger partial charge in [0.15, 0.2) is 9.84 Å². The number of nitrogens with one attached hydrogen (secondary N) is 1. The Balaban J connectivity index is 1.62. The molecule has 0 radical (unpaired) electrons. The molecule has 1 aliphatic carbocycles. The van der Waals surface area contributed by atoms with E-state index >= 15 is 0 Å². The van der Waals surface area contributed by atoms with Gasteiger partial charge in [-0.15, -0.1) is 0 Å². The molecular weight excluding hydrogens is 234 g/mol. The third kappa shape index (κ3) is 4.59. The number of hydrogen-bond acceptors (Lipinski definition) is 3. The second-order valence-corrected chi connectivity index (χ2v) is 7.93. The van der Waals surface area contributed by atoms with E-state index in [9.17, 15) is 8.42 Å². The van der Waals surface area contributed by atoms with E-state index < -0.39 is 9.84 Å². The van der Waals surface area contributed by atoms with Crippen molar-refractivity contribution >= 4 is 9.84 Å². The van der Waals surface area contributed by atoms with Crippen molar-refractivity contribution in [2.75, 3.05) is 18.1 Å². The molecule has 2 fully saturated rings. The fourth-order valence-electron chi connectivity index (χ4n) is 3.07. The number of hydrogen-bond donors (Lipinski definition) is 1. The van der Waals surface area contributed by atoms with Crippen LogP contribution in [0.2, 0.25) is 0 Å². The molecule has 0 aromatic rings. The summed E-state index contributed by atoms with van der Waals surface area (Å²) in [4.78, 5) is 0. The Bertz CT molecular complexity index is 318. The van der Waals surface area contributed by atoms with Gasteiger partial charge >= 0.3 is 0 Å². The van der Waals surface area contributed by atoms with E-state index in [4.69, 9.17) is 0 Å². The lowest BCUT2D eigenvalue weighted by Gasteiger charge is -2.17. The largest absolute Gasteiger partial charge is 0.314 e. The van der Waals surface area contributed by atoms with Gasteiger partial charge in [0.05, 0.1) is 11.5 Å². The van der Waals surface area contributed by atoms with Crippen molar-refractivity contribution in [1.82, 2.24) is 5.32 Å². The Morgan fingerprint density at radius 1 is 1.00 bits per heavy atom. The number of rotatable bonds is 4. The van der Waals surface area contributed by atoms with Crippen LogP contribution in [0.15, 0.2) is 0 Å². The molecule has 0 aromatic carbocycles. The second-order valence-electron chi connectivity index (χ2n) is 5.70. The zero-order valence-corrected chi connectivity index (χ0v) is 11.5. The fourth-order valence-corrected chi connectivity index (χ4v) is 4.99. The summed E-state index contributed by atoms with van der Waals surface area (Å²) in [6.07, 6.45) is 10.0. The van der Waals surface area contributed by atoms with Gasteiger partial charge in [-0.2, -0.15) is 0 Å². The minimum Gasteiger partial charge on any atom is -0.314 e. The van der Waals surface area contributed by atoms with Crippen molar-refractivity contribution in [1.29, 1.82) is 0 Å². The van der Waals surface area contributed by atoms with Crippen molar-refractivity contribution in [3.8, 4) is 0 Å².